The second kappa shape index (κ2) is 9.46. The van der Waals surface area contributed by atoms with E-state index in [-0.39, 0.29) is 23.7 Å². The lowest BCUT2D eigenvalue weighted by Crippen LogP contribution is -2.38. The van der Waals surface area contributed by atoms with Crippen molar-refractivity contribution in [2.24, 2.45) is 0 Å². The molecule has 0 aromatic carbocycles. The van der Waals surface area contributed by atoms with Crippen molar-refractivity contribution in [3.63, 3.8) is 0 Å². The zero-order chi connectivity index (χ0) is 24.6. The number of hydrogen-bond donors (Lipinski definition) is 2. The first-order chi connectivity index (χ1) is 16.0. The van der Waals surface area contributed by atoms with Crippen LogP contribution >= 0.6 is 22.9 Å². The van der Waals surface area contributed by atoms with Gasteiger partial charge in [0.25, 0.3) is 0 Å². The number of furan rings is 1. The van der Waals surface area contributed by atoms with Crippen molar-refractivity contribution >= 4 is 51.9 Å². The van der Waals surface area contributed by atoms with Gasteiger partial charge in [-0.05, 0) is 57.9 Å². The number of alkyl carbamates (subject to hydrolysis) is 1. The van der Waals surface area contributed by atoms with Crippen molar-refractivity contribution in [3.8, 4) is 0 Å². The first-order valence-electron chi connectivity index (χ1n) is 11.2. The SMILES string of the molecule is C[C@@H](Cc1oc2c(N(Cc3cccs3)C(=O)O)cc(Cl)nc2c1C1CC1)NC(=O)OC(C)(C)C. The van der Waals surface area contributed by atoms with E-state index in [4.69, 9.17) is 20.8 Å². The largest absolute Gasteiger partial charge is 0.465 e. The highest BCUT2D eigenvalue weighted by Gasteiger charge is 2.34. The number of pyridine rings is 1. The number of nitrogens with zero attached hydrogens (tertiary/aromatic N) is 2. The Morgan fingerprint density at radius 1 is 1.41 bits per heavy atom. The van der Waals surface area contributed by atoms with Crippen LogP contribution in [-0.4, -0.2) is 33.9 Å². The van der Waals surface area contributed by atoms with E-state index < -0.39 is 17.8 Å². The van der Waals surface area contributed by atoms with Crippen LogP contribution < -0.4 is 10.2 Å². The standard InChI is InChI=1S/C24H28ClN3O5S/c1-13(26-22(29)33-24(2,3)4)10-17-19(14-7-8-14)20-21(32-17)16(11-18(25)27-20)28(23(30)31)12-15-6-5-9-34-15/h5-6,9,11,13-14H,7-8,10,12H2,1-4H3,(H,26,29)(H,30,31)/t13-/m0/s1. The number of carboxylic acid groups (broad SMARTS) is 1. The quantitative estimate of drug-likeness (QED) is 0.352. The number of halogens is 1. The number of nitrogens with one attached hydrogen (secondary N) is 1. The Morgan fingerprint density at radius 3 is 2.74 bits per heavy atom. The van der Waals surface area contributed by atoms with Crippen LogP contribution in [0.3, 0.4) is 0 Å². The van der Waals surface area contributed by atoms with Crippen LogP contribution in [0.1, 0.15) is 62.7 Å². The van der Waals surface area contributed by atoms with Crippen LogP contribution in [0.4, 0.5) is 15.3 Å². The molecule has 1 saturated carbocycles. The van der Waals surface area contributed by atoms with Gasteiger partial charge >= 0.3 is 12.2 Å². The average molecular weight is 506 g/mol. The van der Waals surface area contributed by atoms with Gasteiger partial charge in [0, 0.05) is 29.0 Å². The summed E-state index contributed by atoms with van der Waals surface area (Å²) in [5, 5.41) is 14.9. The number of carbonyl (C=O) groups excluding carboxylic acids is 1. The van der Waals surface area contributed by atoms with Crippen LogP contribution in [0.25, 0.3) is 11.1 Å². The molecule has 3 aromatic rings. The first-order valence-corrected chi connectivity index (χ1v) is 12.4. The van der Waals surface area contributed by atoms with E-state index >= 15 is 0 Å². The van der Waals surface area contributed by atoms with Gasteiger partial charge < -0.3 is 19.6 Å². The van der Waals surface area contributed by atoms with Gasteiger partial charge in [-0.2, -0.15) is 0 Å². The summed E-state index contributed by atoms with van der Waals surface area (Å²) < 4.78 is 11.6. The zero-order valence-corrected chi connectivity index (χ0v) is 21.1. The molecule has 1 atom stereocenters. The Bertz CT molecular complexity index is 1200. The third kappa shape index (κ3) is 5.64. The number of ether oxygens (including phenoxy) is 1. The van der Waals surface area contributed by atoms with Gasteiger partial charge in [-0.1, -0.05) is 17.7 Å². The molecule has 0 aliphatic heterocycles. The molecule has 0 unspecified atom stereocenters. The zero-order valence-electron chi connectivity index (χ0n) is 19.6. The molecule has 8 nitrogen and oxygen atoms in total. The molecule has 182 valence electrons. The number of thiophene rings is 1. The van der Waals surface area contributed by atoms with E-state index in [0.717, 1.165) is 23.3 Å². The molecule has 0 spiro atoms. The molecule has 0 radical (unpaired) electrons. The Morgan fingerprint density at radius 2 is 2.15 bits per heavy atom. The van der Waals surface area contributed by atoms with E-state index in [1.807, 2.05) is 45.2 Å². The van der Waals surface area contributed by atoms with Gasteiger partial charge in [-0.25, -0.2) is 14.6 Å². The normalized spacial score (nSPS) is 14.7. The van der Waals surface area contributed by atoms with E-state index in [9.17, 15) is 14.7 Å². The Labute approximate surface area is 206 Å². The van der Waals surface area contributed by atoms with Crippen molar-refractivity contribution in [3.05, 3.63) is 44.9 Å². The summed E-state index contributed by atoms with van der Waals surface area (Å²) in [4.78, 5) is 31.1. The molecular weight excluding hydrogens is 478 g/mol. The topological polar surface area (TPSA) is 105 Å². The summed E-state index contributed by atoms with van der Waals surface area (Å²) in [7, 11) is 0. The average Bonchev–Trinajstić information content (AvgIpc) is 3.27. The predicted molar refractivity (Wildman–Crippen MR) is 132 cm³/mol. The van der Waals surface area contributed by atoms with Gasteiger partial charge in [0.2, 0.25) is 0 Å². The molecule has 1 aliphatic rings. The molecule has 34 heavy (non-hydrogen) atoms. The van der Waals surface area contributed by atoms with Crippen molar-refractivity contribution < 1.29 is 23.8 Å². The Hall–Kier alpha value is -2.78. The van der Waals surface area contributed by atoms with Crippen LogP contribution in [0.2, 0.25) is 5.15 Å². The Kier molecular flexibility index (Phi) is 6.78. The van der Waals surface area contributed by atoms with E-state index in [1.165, 1.54) is 22.3 Å². The molecular formula is C24H28ClN3O5S. The fourth-order valence-corrected chi connectivity index (χ4v) is 4.76. The van der Waals surface area contributed by atoms with Gasteiger partial charge in [0.1, 0.15) is 22.0 Å². The van der Waals surface area contributed by atoms with Gasteiger partial charge in [0.15, 0.2) is 5.58 Å². The molecule has 10 heteroatoms. The molecule has 2 amide bonds. The van der Waals surface area contributed by atoms with Gasteiger partial charge in [-0.3, -0.25) is 4.90 Å². The summed E-state index contributed by atoms with van der Waals surface area (Å²) in [5.41, 5.74) is 1.68. The fourth-order valence-electron chi connectivity index (χ4n) is 3.88. The first kappa shape index (κ1) is 24.3. The highest BCUT2D eigenvalue weighted by Crippen LogP contribution is 2.48. The van der Waals surface area contributed by atoms with Crippen molar-refractivity contribution in [2.45, 2.75) is 71.1 Å². The maximum absolute atomic E-state index is 12.2. The summed E-state index contributed by atoms with van der Waals surface area (Å²) in [6, 6.07) is 5.02. The third-order valence-corrected chi connectivity index (χ3v) is 6.41. The van der Waals surface area contributed by atoms with Crippen molar-refractivity contribution in [1.29, 1.82) is 0 Å². The number of hydrogen-bond acceptors (Lipinski definition) is 6. The van der Waals surface area contributed by atoms with Crippen LogP contribution in [0.15, 0.2) is 28.0 Å². The van der Waals surface area contributed by atoms with E-state index in [0.29, 0.717) is 29.0 Å². The summed E-state index contributed by atoms with van der Waals surface area (Å²) >= 11 is 7.83. The van der Waals surface area contributed by atoms with Gasteiger partial charge in [-0.15, -0.1) is 11.3 Å². The van der Waals surface area contributed by atoms with Crippen molar-refractivity contribution in [2.75, 3.05) is 4.90 Å². The number of fused-ring (bicyclic) bond motifs is 1. The number of anilines is 1. The molecule has 0 saturated heterocycles. The minimum Gasteiger partial charge on any atom is -0.465 e. The van der Waals surface area contributed by atoms with Crippen LogP contribution in [0.5, 0.6) is 0 Å². The van der Waals surface area contributed by atoms with Gasteiger partial charge in [0.05, 0.1) is 12.2 Å². The highest BCUT2D eigenvalue weighted by atomic mass is 35.5. The monoisotopic (exact) mass is 505 g/mol. The maximum Gasteiger partial charge on any atom is 0.412 e. The van der Waals surface area contributed by atoms with Crippen molar-refractivity contribution in [1.82, 2.24) is 10.3 Å². The number of carbonyl (C=O) groups is 2. The van der Waals surface area contributed by atoms with Crippen LogP contribution in [0, 0.1) is 0 Å². The third-order valence-electron chi connectivity index (χ3n) is 5.36. The minimum absolute atomic E-state index is 0.174. The molecule has 1 aliphatic carbocycles. The molecule has 2 N–H and O–H groups in total. The summed E-state index contributed by atoms with van der Waals surface area (Å²) in [5.74, 6) is 0.956. The van der Waals surface area contributed by atoms with Crippen LogP contribution in [-0.2, 0) is 17.7 Å². The number of aromatic nitrogens is 1. The molecule has 3 aromatic heterocycles. The lowest BCUT2D eigenvalue weighted by atomic mass is 10.0. The smallest absolute Gasteiger partial charge is 0.412 e. The van der Waals surface area contributed by atoms with E-state index in [1.54, 1.807) is 0 Å². The summed E-state index contributed by atoms with van der Waals surface area (Å²) in [6.45, 7) is 7.47. The maximum atomic E-state index is 12.2. The molecule has 1 fully saturated rings. The van der Waals surface area contributed by atoms with E-state index in [2.05, 4.69) is 10.3 Å². The molecule has 4 rings (SSSR count). The second-order valence-electron chi connectivity index (χ2n) is 9.55. The number of rotatable bonds is 7. The second-order valence-corrected chi connectivity index (χ2v) is 11.0. The Balaban J connectivity index is 1.69. The lowest BCUT2D eigenvalue weighted by Gasteiger charge is -2.21. The molecule has 3 heterocycles. The fraction of sp³-hybridized carbons (Fsp3) is 0.458. The highest BCUT2D eigenvalue weighted by molar-refractivity contribution is 7.09. The lowest BCUT2D eigenvalue weighted by molar-refractivity contribution is 0.0507. The summed E-state index contributed by atoms with van der Waals surface area (Å²) in [6.07, 6.45) is 0.798. The minimum atomic E-state index is -1.11. The predicted octanol–water partition coefficient (Wildman–Crippen LogP) is 6.56. The number of amides is 2. The molecule has 0 bridgehead atoms.